The van der Waals surface area contributed by atoms with Gasteiger partial charge >= 0.3 is 0 Å². The second-order valence-electron chi connectivity index (χ2n) is 6.41. The molecule has 0 saturated carbocycles. The Morgan fingerprint density at radius 3 is 2.55 bits per heavy atom. The van der Waals surface area contributed by atoms with Crippen molar-refractivity contribution in [1.29, 1.82) is 0 Å². The van der Waals surface area contributed by atoms with Gasteiger partial charge in [0.25, 0.3) is 0 Å². The fourth-order valence-corrected chi connectivity index (χ4v) is 2.66. The first kappa shape index (κ1) is 17.2. The highest BCUT2D eigenvalue weighted by Crippen LogP contribution is 2.19. The molecule has 0 unspecified atom stereocenters. The zero-order chi connectivity index (χ0) is 15.8. The lowest BCUT2D eigenvalue weighted by atomic mass is 10.00. The van der Waals surface area contributed by atoms with Gasteiger partial charge in [-0.05, 0) is 32.2 Å². The highest BCUT2D eigenvalue weighted by Gasteiger charge is 2.17. The summed E-state index contributed by atoms with van der Waals surface area (Å²) in [6.45, 7) is 10.0. The summed E-state index contributed by atoms with van der Waals surface area (Å²) in [7, 11) is 2.11. The van der Waals surface area contributed by atoms with Crippen molar-refractivity contribution in [3.05, 3.63) is 18.0 Å². The SMILES string of the molecule is CCCOCCN(C)Cc1cnc(N2CCC(C)CC2)nc1. The Kier molecular flexibility index (Phi) is 7.06. The van der Waals surface area contributed by atoms with E-state index in [2.05, 4.69) is 40.7 Å². The highest BCUT2D eigenvalue weighted by molar-refractivity contribution is 5.30. The second kappa shape index (κ2) is 9.06. The molecule has 0 bridgehead atoms. The van der Waals surface area contributed by atoms with Crippen LogP contribution < -0.4 is 4.90 Å². The number of anilines is 1. The second-order valence-corrected chi connectivity index (χ2v) is 6.41. The maximum absolute atomic E-state index is 5.52. The molecule has 124 valence electrons. The van der Waals surface area contributed by atoms with Crippen LogP contribution in [0.4, 0.5) is 5.95 Å². The Labute approximate surface area is 134 Å². The van der Waals surface area contributed by atoms with E-state index in [-0.39, 0.29) is 0 Å². The van der Waals surface area contributed by atoms with Crippen molar-refractivity contribution >= 4 is 5.95 Å². The molecular weight excluding hydrogens is 276 g/mol. The van der Waals surface area contributed by atoms with Crippen LogP contribution in [-0.4, -0.2) is 54.8 Å². The van der Waals surface area contributed by atoms with Gasteiger partial charge in [-0.1, -0.05) is 13.8 Å². The van der Waals surface area contributed by atoms with Crippen LogP contribution in [0.1, 0.15) is 38.7 Å². The summed E-state index contributed by atoms with van der Waals surface area (Å²) in [6, 6.07) is 0. The van der Waals surface area contributed by atoms with Crippen LogP contribution in [0.2, 0.25) is 0 Å². The van der Waals surface area contributed by atoms with Crippen molar-refractivity contribution in [1.82, 2.24) is 14.9 Å². The topological polar surface area (TPSA) is 41.5 Å². The van der Waals surface area contributed by atoms with Crippen LogP contribution in [-0.2, 0) is 11.3 Å². The van der Waals surface area contributed by atoms with Crippen molar-refractivity contribution in [3.63, 3.8) is 0 Å². The fourth-order valence-electron chi connectivity index (χ4n) is 2.66. The first-order valence-electron chi connectivity index (χ1n) is 8.51. The number of aromatic nitrogens is 2. The maximum Gasteiger partial charge on any atom is 0.225 e. The molecule has 22 heavy (non-hydrogen) atoms. The van der Waals surface area contributed by atoms with Crippen molar-refractivity contribution in [2.24, 2.45) is 5.92 Å². The summed E-state index contributed by atoms with van der Waals surface area (Å²) >= 11 is 0. The predicted molar refractivity (Wildman–Crippen MR) is 90.1 cm³/mol. The Morgan fingerprint density at radius 2 is 1.91 bits per heavy atom. The van der Waals surface area contributed by atoms with E-state index in [9.17, 15) is 0 Å². The van der Waals surface area contributed by atoms with Gasteiger partial charge in [0.1, 0.15) is 0 Å². The van der Waals surface area contributed by atoms with Gasteiger partial charge in [0.15, 0.2) is 0 Å². The van der Waals surface area contributed by atoms with Gasteiger partial charge in [-0.25, -0.2) is 9.97 Å². The molecule has 2 rings (SSSR count). The number of hydrogen-bond donors (Lipinski definition) is 0. The van der Waals surface area contributed by atoms with E-state index in [0.29, 0.717) is 0 Å². The van der Waals surface area contributed by atoms with Gasteiger partial charge in [-0.15, -0.1) is 0 Å². The Hall–Kier alpha value is -1.20. The van der Waals surface area contributed by atoms with Gasteiger partial charge in [-0.3, -0.25) is 4.90 Å². The summed E-state index contributed by atoms with van der Waals surface area (Å²) in [4.78, 5) is 13.6. The number of piperidine rings is 1. The number of likely N-dealkylation sites (N-methyl/N-ethyl adjacent to an activating group) is 1. The summed E-state index contributed by atoms with van der Waals surface area (Å²) in [6.07, 6.45) is 7.49. The summed E-state index contributed by atoms with van der Waals surface area (Å²) in [5.74, 6) is 1.71. The normalized spacial score (nSPS) is 16.5. The minimum absolute atomic E-state index is 0.787. The summed E-state index contributed by atoms with van der Waals surface area (Å²) in [5, 5.41) is 0. The monoisotopic (exact) mass is 306 g/mol. The van der Waals surface area contributed by atoms with E-state index in [1.807, 2.05) is 12.4 Å². The van der Waals surface area contributed by atoms with Crippen LogP contribution in [0.15, 0.2) is 12.4 Å². The number of nitrogens with zero attached hydrogens (tertiary/aromatic N) is 4. The zero-order valence-electron chi connectivity index (χ0n) is 14.3. The molecule has 5 nitrogen and oxygen atoms in total. The third-order valence-electron chi connectivity index (χ3n) is 4.18. The molecule has 0 amide bonds. The lowest BCUT2D eigenvalue weighted by Gasteiger charge is -2.30. The molecule has 0 aromatic carbocycles. The van der Waals surface area contributed by atoms with Crippen molar-refractivity contribution in [3.8, 4) is 0 Å². The van der Waals surface area contributed by atoms with E-state index in [4.69, 9.17) is 4.74 Å². The lowest BCUT2D eigenvalue weighted by Crippen LogP contribution is -2.34. The Bertz CT molecular complexity index is 415. The molecular formula is C17H30N4O. The van der Waals surface area contributed by atoms with E-state index in [1.54, 1.807) is 0 Å². The maximum atomic E-state index is 5.52. The molecule has 1 aliphatic heterocycles. The molecule has 5 heteroatoms. The largest absolute Gasteiger partial charge is 0.380 e. The van der Waals surface area contributed by atoms with Gasteiger partial charge < -0.3 is 9.64 Å². The van der Waals surface area contributed by atoms with Crippen LogP contribution >= 0.6 is 0 Å². The van der Waals surface area contributed by atoms with Gasteiger partial charge in [-0.2, -0.15) is 0 Å². The van der Waals surface area contributed by atoms with Crippen molar-refractivity contribution in [2.75, 3.05) is 44.8 Å². The molecule has 2 heterocycles. The number of hydrogen-bond acceptors (Lipinski definition) is 5. The average molecular weight is 306 g/mol. The third kappa shape index (κ3) is 5.54. The first-order chi connectivity index (χ1) is 10.7. The molecule has 1 aromatic rings. The molecule has 0 aliphatic carbocycles. The molecule has 0 N–H and O–H groups in total. The molecule has 1 aliphatic rings. The highest BCUT2D eigenvalue weighted by atomic mass is 16.5. The van der Waals surface area contributed by atoms with E-state index in [1.165, 1.54) is 12.8 Å². The standard InChI is InChI=1S/C17H30N4O/c1-4-10-22-11-9-20(3)14-16-12-18-17(19-13-16)21-7-5-15(2)6-8-21/h12-13,15H,4-11,14H2,1-3H3. The third-order valence-corrected chi connectivity index (χ3v) is 4.18. The molecule has 1 saturated heterocycles. The van der Waals surface area contributed by atoms with Crippen LogP contribution in [0.3, 0.4) is 0 Å². The van der Waals surface area contributed by atoms with Gasteiger partial charge in [0.05, 0.1) is 6.61 Å². The van der Waals surface area contributed by atoms with Gasteiger partial charge in [0, 0.05) is 50.7 Å². The molecule has 0 radical (unpaired) electrons. The summed E-state index contributed by atoms with van der Waals surface area (Å²) in [5.41, 5.74) is 1.16. The van der Waals surface area contributed by atoms with Crippen LogP contribution in [0.25, 0.3) is 0 Å². The molecule has 0 atom stereocenters. The van der Waals surface area contributed by atoms with E-state index in [0.717, 1.165) is 63.2 Å². The molecule has 1 fully saturated rings. The summed E-state index contributed by atoms with van der Waals surface area (Å²) < 4.78 is 5.52. The molecule has 0 spiro atoms. The lowest BCUT2D eigenvalue weighted by molar-refractivity contribution is 0.110. The Balaban J connectivity index is 1.76. The van der Waals surface area contributed by atoms with Crippen LogP contribution in [0, 0.1) is 5.92 Å². The molecule has 1 aromatic heterocycles. The van der Waals surface area contributed by atoms with Crippen molar-refractivity contribution in [2.45, 2.75) is 39.7 Å². The minimum Gasteiger partial charge on any atom is -0.380 e. The van der Waals surface area contributed by atoms with Gasteiger partial charge in [0.2, 0.25) is 5.95 Å². The first-order valence-corrected chi connectivity index (χ1v) is 8.51. The van der Waals surface area contributed by atoms with Crippen LogP contribution in [0.5, 0.6) is 0 Å². The Morgan fingerprint density at radius 1 is 1.23 bits per heavy atom. The van der Waals surface area contributed by atoms with E-state index < -0.39 is 0 Å². The number of ether oxygens (including phenoxy) is 1. The average Bonchev–Trinajstić information content (AvgIpc) is 2.53. The predicted octanol–water partition coefficient (Wildman–Crippen LogP) is 2.57. The van der Waals surface area contributed by atoms with Crippen molar-refractivity contribution < 1.29 is 4.74 Å². The van der Waals surface area contributed by atoms with E-state index >= 15 is 0 Å². The zero-order valence-corrected chi connectivity index (χ0v) is 14.3. The number of rotatable bonds is 8. The smallest absolute Gasteiger partial charge is 0.225 e. The fraction of sp³-hybridized carbons (Fsp3) is 0.765. The quantitative estimate of drug-likeness (QED) is 0.691. The minimum atomic E-state index is 0.787.